The molecule has 0 unspecified atom stereocenters. The molecule has 0 bridgehead atoms. The average molecular weight is 522 g/mol. The minimum atomic E-state index is -0.219. The molecule has 1 amide bonds. The maximum atomic E-state index is 12.7. The summed E-state index contributed by atoms with van der Waals surface area (Å²) in [6, 6.07) is 29.0. The van der Waals surface area contributed by atoms with E-state index in [1.165, 1.54) is 0 Å². The molecule has 0 aliphatic carbocycles. The Labute approximate surface area is 229 Å². The third kappa shape index (κ3) is 8.54. The third-order valence-electron chi connectivity index (χ3n) is 5.53. The van der Waals surface area contributed by atoms with E-state index < -0.39 is 0 Å². The van der Waals surface area contributed by atoms with Crippen LogP contribution < -0.4 is 24.3 Å². The van der Waals surface area contributed by atoms with E-state index in [2.05, 4.69) is 18.5 Å². The number of benzene rings is 4. The van der Waals surface area contributed by atoms with Gasteiger partial charge in [0.2, 0.25) is 0 Å². The van der Waals surface area contributed by atoms with Crippen molar-refractivity contribution in [2.75, 3.05) is 18.5 Å². The molecule has 0 spiro atoms. The molecule has 6 heteroatoms. The molecular formula is C33H31NO5. The van der Waals surface area contributed by atoms with E-state index in [9.17, 15) is 4.79 Å². The van der Waals surface area contributed by atoms with Crippen molar-refractivity contribution in [1.29, 1.82) is 0 Å². The monoisotopic (exact) mass is 521 g/mol. The van der Waals surface area contributed by atoms with Crippen LogP contribution in [0.1, 0.15) is 23.2 Å². The summed E-state index contributed by atoms with van der Waals surface area (Å²) in [5.41, 5.74) is 1.18. The van der Waals surface area contributed by atoms with E-state index in [-0.39, 0.29) is 5.91 Å². The summed E-state index contributed by atoms with van der Waals surface area (Å²) in [4.78, 5) is 12.7. The standard InChI is InChI=1S/C33H31NO5/c1-3-5-23-36-27-15-19-31(20-16-27)38-29-11-7-25(8-12-29)33(35)34-26-9-13-30(14-10-26)39-32-21-17-28(18-22-32)37-24-6-4-2/h3-4,7-22H,1-2,5-6,23-24H2,(H,34,35). The van der Waals surface area contributed by atoms with Gasteiger partial charge in [-0.15, -0.1) is 13.2 Å². The van der Waals surface area contributed by atoms with Crippen LogP contribution in [0.4, 0.5) is 5.69 Å². The van der Waals surface area contributed by atoms with Gasteiger partial charge < -0.3 is 24.3 Å². The highest BCUT2D eigenvalue weighted by Crippen LogP contribution is 2.27. The van der Waals surface area contributed by atoms with E-state index >= 15 is 0 Å². The number of amides is 1. The van der Waals surface area contributed by atoms with Crippen molar-refractivity contribution in [2.24, 2.45) is 0 Å². The lowest BCUT2D eigenvalue weighted by atomic mass is 10.2. The van der Waals surface area contributed by atoms with Crippen molar-refractivity contribution >= 4 is 11.6 Å². The molecule has 0 heterocycles. The van der Waals surface area contributed by atoms with Gasteiger partial charge in [-0.2, -0.15) is 0 Å². The minimum absolute atomic E-state index is 0.219. The normalized spacial score (nSPS) is 10.3. The molecule has 1 N–H and O–H groups in total. The van der Waals surface area contributed by atoms with Gasteiger partial charge in [0.25, 0.3) is 5.91 Å². The van der Waals surface area contributed by atoms with E-state index in [4.69, 9.17) is 18.9 Å². The molecule has 4 aromatic carbocycles. The highest BCUT2D eigenvalue weighted by atomic mass is 16.5. The summed E-state index contributed by atoms with van der Waals surface area (Å²) in [6.45, 7) is 8.55. The second-order valence-corrected chi connectivity index (χ2v) is 8.50. The SMILES string of the molecule is C=CCCOc1ccc(Oc2ccc(NC(=O)c3ccc(Oc4ccc(OCCC=C)cc4)cc3)cc2)cc1. The van der Waals surface area contributed by atoms with Crippen LogP contribution >= 0.6 is 0 Å². The molecule has 4 rings (SSSR count). The fourth-order valence-electron chi connectivity index (χ4n) is 3.48. The van der Waals surface area contributed by atoms with Crippen molar-refractivity contribution in [3.8, 4) is 34.5 Å². The topological polar surface area (TPSA) is 66.0 Å². The molecule has 0 saturated heterocycles. The number of anilines is 1. The quantitative estimate of drug-likeness (QED) is 0.133. The Bertz CT molecular complexity index is 1350. The maximum absolute atomic E-state index is 12.7. The van der Waals surface area contributed by atoms with Gasteiger partial charge >= 0.3 is 0 Å². The Morgan fingerprint density at radius 2 is 0.923 bits per heavy atom. The van der Waals surface area contributed by atoms with Gasteiger partial charge in [0.15, 0.2) is 0 Å². The summed E-state index contributed by atoms with van der Waals surface area (Å²) >= 11 is 0. The Kier molecular flexibility index (Phi) is 9.79. The van der Waals surface area contributed by atoms with Crippen molar-refractivity contribution in [1.82, 2.24) is 0 Å². The maximum Gasteiger partial charge on any atom is 0.255 e. The Hall–Kier alpha value is -4.97. The summed E-state index contributed by atoms with van der Waals surface area (Å²) in [7, 11) is 0. The molecule has 0 aliphatic rings. The largest absolute Gasteiger partial charge is 0.493 e. The van der Waals surface area contributed by atoms with Gasteiger partial charge in [-0.3, -0.25) is 4.79 Å². The number of carbonyl (C=O) groups excluding carboxylic acids is 1. The number of nitrogens with one attached hydrogen (secondary N) is 1. The number of rotatable bonds is 14. The fraction of sp³-hybridized carbons (Fsp3) is 0.121. The zero-order chi connectivity index (χ0) is 27.3. The number of ether oxygens (including phenoxy) is 4. The van der Waals surface area contributed by atoms with Gasteiger partial charge in [-0.1, -0.05) is 12.2 Å². The van der Waals surface area contributed by atoms with Gasteiger partial charge in [0, 0.05) is 11.3 Å². The van der Waals surface area contributed by atoms with Crippen LogP contribution in [0.5, 0.6) is 34.5 Å². The first-order valence-corrected chi connectivity index (χ1v) is 12.7. The number of hydrogen-bond acceptors (Lipinski definition) is 5. The van der Waals surface area contributed by atoms with Gasteiger partial charge in [0.1, 0.15) is 34.5 Å². The first kappa shape index (κ1) is 27.1. The molecule has 6 nitrogen and oxygen atoms in total. The van der Waals surface area contributed by atoms with Crippen LogP contribution in [0.2, 0.25) is 0 Å². The zero-order valence-electron chi connectivity index (χ0n) is 21.7. The molecule has 0 fully saturated rings. The molecule has 198 valence electrons. The molecule has 0 radical (unpaired) electrons. The van der Waals surface area contributed by atoms with Crippen LogP contribution in [0.25, 0.3) is 0 Å². The zero-order valence-corrected chi connectivity index (χ0v) is 21.7. The van der Waals surface area contributed by atoms with Gasteiger partial charge in [0.05, 0.1) is 13.2 Å². The van der Waals surface area contributed by atoms with Crippen LogP contribution in [0.15, 0.2) is 122 Å². The van der Waals surface area contributed by atoms with E-state index in [0.717, 1.165) is 24.3 Å². The molecule has 0 saturated carbocycles. The molecule has 4 aromatic rings. The van der Waals surface area contributed by atoms with Crippen molar-refractivity contribution in [2.45, 2.75) is 12.8 Å². The first-order chi connectivity index (χ1) is 19.1. The average Bonchev–Trinajstić information content (AvgIpc) is 2.96. The lowest BCUT2D eigenvalue weighted by Crippen LogP contribution is -2.11. The van der Waals surface area contributed by atoms with Crippen molar-refractivity contribution in [3.63, 3.8) is 0 Å². The lowest BCUT2D eigenvalue weighted by Gasteiger charge is -2.10. The highest BCUT2D eigenvalue weighted by Gasteiger charge is 2.08. The van der Waals surface area contributed by atoms with E-state index in [0.29, 0.717) is 47.5 Å². The van der Waals surface area contributed by atoms with Crippen LogP contribution in [-0.4, -0.2) is 19.1 Å². The third-order valence-corrected chi connectivity index (χ3v) is 5.53. The molecule has 39 heavy (non-hydrogen) atoms. The first-order valence-electron chi connectivity index (χ1n) is 12.7. The van der Waals surface area contributed by atoms with Gasteiger partial charge in [-0.25, -0.2) is 0 Å². The number of carbonyl (C=O) groups is 1. The minimum Gasteiger partial charge on any atom is -0.493 e. The Morgan fingerprint density at radius 3 is 1.33 bits per heavy atom. The molecule has 0 aliphatic heterocycles. The second-order valence-electron chi connectivity index (χ2n) is 8.50. The second kappa shape index (κ2) is 14.1. The van der Waals surface area contributed by atoms with E-state index in [1.807, 2.05) is 60.7 Å². The smallest absolute Gasteiger partial charge is 0.255 e. The predicted molar refractivity (Wildman–Crippen MR) is 154 cm³/mol. The predicted octanol–water partition coefficient (Wildman–Crippen LogP) is 8.43. The van der Waals surface area contributed by atoms with Crippen molar-refractivity contribution < 1.29 is 23.7 Å². The highest BCUT2D eigenvalue weighted by molar-refractivity contribution is 6.04. The molecule has 0 aromatic heterocycles. The number of hydrogen-bond donors (Lipinski definition) is 1. The molecule has 0 atom stereocenters. The summed E-state index contributed by atoms with van der Waals surface area (Å²) in [6.07, 6.45) is 5.22. The van der Waals surface area contributed by atoms with Gasteiger partial charge in [-0.05, 0) is 110 Å². The Balaban J connectivity index is 1.26. The van der Waals surface area contributed by atoms with E-state index in [1.54, 1.807) is 48.5 Å². The summed E-state index contributed by atoms with van der Waals surface area (Å²) < 4.78 is 23.0. The lowest BCUT2D eigenvalue weighted by molar-refractivity contribution is 0.102. The summed E-state index contributed by atoms with van der Waals surface area (Å²) in [5.74, 6) is 3.99. The van der Waals surface area contributed by atoms with Crippen LogP contribution in [0, 0.1) is 0 Å². The summed E-state index contributed by atoms with van der Waals surface area (Å²) in [5, 5.41) is 2.90. The fourth-order valence-corrected chi connectivity index (χ4v) is 3.48. The Morgan fingerprint density at radius 1 is 0.564 bits per heavy atom. The van der Waals surface area contributed by atoms with Crippen LogP contribution in [0.3, 0.4) is 0 Å². The molecular weight excluding hydrogens is 490 g/mol. The van der Waals surface area contributed by atoms with Crippen molar-refractivity contribution in [3.05, 3.63) is 128 Å². The van der Waals surface area contributed by atoms with Crippen LogP contribution in [-0.2, 0) is 0 Å².